The fraction of sp³-hybridized carbons (Fsp3) is 0.909. The van der Waals surface area contributed by atoms with Crippen LogP contribution in [0.5, 0.6) is 0 Å². The fourth-order valence-electron chi connectivity index (χ4n) is 1.78. The fourth-order valence-corrected chi connectivity index (χ4v) is 1.78. The van der Waals surface area contributed by atoms with Crippen molar-refractivity contribution < 1.29 is 88.4 Å². The van der Waals surface area contributed by atoms with Gasteiger partial charge in [0.1, 0.15) is 0 Å². The number of hydrogen-bond donors (Lipinski definition) is 2. The van der Waals surface area contributed by atoms with Crippen LogP contribution in [0.3, 0.4) is 0 Å². The van der Waals surface area contributed by atoms with E-state index in [2.05, 4.69) is 19.2 Å². The second-order valence-electron chi connectivity index (χ2n) is 4.50. The average molecular weight is 312 g/mol. The van der Waals surface area contributed by atoms with Crippen molar-refractivity contribution in [2.24, 2.45) is 17.8 Å². The van der Waals surface area contributed by atoms with Crippen molar-refractivity contribution in [1.29, 1.82) is 0 Å². The van der Waals surface area contributed by atoms with E-state index in [1.165, 1.54) is 0 Å². The molecule has 0 radical (unpaired) electrons. The molecule has 14 heavy (non-hydrogen) atoms. The molecule has 0 spiro atoms. The SMILES string of the molecule is CNC(C)[C@@H](CC(C)C)C(C)C(=O)O.[HH].[HH].[HH].[HH].[HH].[HH].[HH].[HH].[HH].[HH].[HH].[HH].[HH].[HH].[HH].[HH].[HH].[HH].[HH].[HH].[HH].[HH].[HH].[HH].[HH].[HH].[HH].[HH].[HH].[HH].[HH].[HH].[HH].[HH].[HH].[HH].[HH].[HH].[HH].[HH].[HH].[HH].[HH].[HH].[HH].[HH].[HH].[HH].[HH].[HH].[HH].[HH].[HH].[HH].[HH]. The Kier molecular flexibility index (Phi) is 5.77. The molecule has 0 aliphatic carbocycles. The maximum atomic E-state index is 10.9. The van der Waals surface area contributed by atoms with E-state index in [4.69, 9.17) is 5.11 Å². The van der Waals surface area contributed by atoms with E-state index in [1.807, 2.05) is 14.0 Å². The third-order valence-electron chi connectivity index (χ3n) is 2.87. The lowest BCUT2D eigenvalue weighted by molar-refractivity contribution is -0.143. The zero-order chi connectivity index (χ0) is 11.3. The molecule has 2 N–H and O–H groups in total. The molecule has 0 amide bonds. The lowest BCUT2D eigenvalue weighted by atomic mass is 9.82. The summed E-state index contributed by atoms with van der Waals surface area (Å²) in [7, 11) is 1.88. The molecular weight excluding hydrogens is 178 g/mol. The first-order valence-corrected chi connectivity index (χ1v) is 5.30. The Labute approximate surface area is 169 Å². The summed E-state index contributed by atoms with van der Waals surface area (Å²) in [5, 5.41) is 12.1. The van der Waals surface area contributed by atoms with E-state index < -0.39 is 5.97 Å². The number of rotatable bonds is 6. The normalized spacial score (nSPS) is 17.9. The van der Waals surface area contributed by atoms with Crippen LogP contribution in [0.1, 0.15) is 113 Å². The molecule has 0 rings (SSSR count). The van der Waals surface area contributed by atoms with Crippen molar-refractivity contribution in [3.8, 4) is 0 Å². The van der Waals surface area contributed by atoms with Crippen molar-refractivity contribution >= 4 is 5.97 Å². The van der Waals surface area contributed by atoms with Gasteiger partial charge in [0, 0.05) is 84.5 Å². The van der Waals surface area contributed by atoms with Crippen LogP contribution in [0.4, 0.5) is 0 Å². The van der Waals surface area contributed by atoms with Gasteiger partial charge >= 0.3 is 5.97 Å². The Balaban J connectivity index is -0.000000000569. The molecular formula is C11H133NO2. The third kappa shape index (κ3) is 4.09. The van der Waals surface area contributed by atoms with Gasteiger partial charge in [0.05, 0.1) is 5.92 Å². The first kappa shape index (κ1) is 13.4. The minimum Gasteiger partial charge on any atom is -0.481 e. The number of carbonyl (C=O) groups is 1. The highest BCUT2D eigenvalue weighted by molar-refractivity contribution is 5.69. The molecule has 0 heterocycles. The molecule has 3 atom stereocenters. The molecule has 194 valence electrons. The second-order valence-corrected chi connectivity index (χ2v) is 4.50. The molecule has 0 saturated carbocycles. The van der Waals surface area contributed by atoms with Crippen molar-refractivity contribution in [2.45, 2.75) is 40.2 Å². The Hall–Kier alpha value is -0.570. The molecule has 0 aromatic carbocycles. The minimum atomic E-state index is -0.697. The maximum absolute atomic E-state index is 10.9. The molecule has 3 nitrogen and oxygen atoms in total. The summed E-state index contributed by atoms with van der Waals surface area (Å²) in [6, 6.07) is 0.253. The summed E-state index contributed by atoms with van der Waals surface area (Å²) in [5.74, 6) is -0.229. The van der Waals surface area contributed by atoms with Crippen molar-refractivity contribution in [2.75, 3.05) is 7.05 Å². The Morgan fingerprint density at radius 2 is 1.86 bits per heavy atom. The minimum absolute atomic E-state index is 0. The van der Waals surface area contributed by atoms with Gasteiger partial charge < -0.3 is 10.4 Å². The van der Waals surface area contributed by atoms with Gasteiger partial charge in [0.2, 0.25) is 0 Å². The van der Waals surface area contributed by atoms with Crippen LogP contribution >= 0.6 is 0 Å². The molecule has 0 aromatic heterocycles. The molecule has 0 aromatic rings. The van der Waals surface area contributed by atoms with Gasteiger partial charge in [0.15, 0.2) is 0 Å². The first-order chi connectivity index (χ1) is 6.40. The predicted molar refractivity (Wildman–Crippen MR) is 175 cm³/mol. The average Bonchev–Trinajstić information content (AvgIpc) is 2.11. The molecule has 3 heteroatoms. The smallest absolute Gasteiger partial charge is 0.306 e. The van der Waals surface area contributed by atoms with Crippen LogP contribution < -0.4 is 5.32 Å². The third-order valence-corrected chi connectivity index (χ3v) is 2.87. The number of hydrogen-bond acceptors (Lipinski definition) is 2. The maximum Gasteiger partial charge on any atom is 0.306 e. The summed E-state index contributed by atoms with van der Waals surface area (Å²) in [6.07, 6.45) is 0.954. The Morgan fingerprint density at radius 3 is 2.14 bits per heavy atom. The largest absolute Gasteiger partial charge is 0.481 e. The van der Waals surface area contributed by atoms with Crippen molar-refractivity contribution in [3.63, 3.8) is 0 Å². The lowest BCUT2D eigenvalue weighted by Gasteiger charge is -2.28. The van der Waals surface area contributed by atoms with Gasteiger partial charge in [-0.2, -0.15) is 0 Å². The first-order valence-electron chi connectivity index (χ1n) is 5.30. The summed E-state index contributed by atoms with van der Waals surface area (Å²) in [5.41, 5.74) is 0. The van der Waals surface area contributed by atoms with E-state index in [0.717, 1.165) is 6.42 Å². The highest BCUT2D eigenvalue weighted by Crippen LogP contribution is 2.24. The topological polar surface area (TPSA) is 49.3 Å². The second kappa shape index (κ2) is 6.02. The van der Waals surface area contributed by atoms with E-state index in [0.29, 0.717) is 5.92 Å². The highest BCUT2D eigenvalue weighted by atomic mass is 16.4. The number of nitrogens with one attached hydrogen (secondary N) is 1. The van der Waals surface area contributed by atoms with Crippen molar-refractivity contribution in [3.05, 3.63) is 0 Å². The van der Waals surface area contributed by atoms with Gasteiger partial charge in [-0.15, -0.1) is 0 Å². The molecule has 2 unspecified atom stereocenters. The molecule has 0 fully saturated rings. The van der Waals surface area contributed by atoms with E-state index in [-0.39, 0.29) is 96.3 Å². The molecule has 0 aliphatic rings. The van der Waals surface area contributed by atoms with E-state index >= 15 is 0 Å². The van der Waals surface area contributed by atoms with E-state index in [1.54, 1.807) is 6.92 Å². The zero-order valence-electron chi connectivity index (χ0n) is 9.87. The van der Waals surface area contributed by atoms with E-state index in [9.17, 15) is 4.79 Å². The molecule has 0 aliphatic heterocycles. The van der Waals surface area contributed by atoms with Gasteiger partial charge in [0.25, 0.3) is 0 Å². The van der Waals surface area contributed by atoms with Gasteiger partial charge in [-0.1, -0.05) is 20.8 Å². The molecule has 0 bridgehead atoms. The number of carboxylic acid groups (broad SMARTS) is 1. The number of carboxylic acids is 1. The monoisotopic (exact) mass is 312 g/mol. The predicted octanol–water partition coefficient (Wildman–Crippen LogP) is 15.5. The summed E-state index contributed by atoms with van der Waals surface area (Å²) >= 11 is 0. The van der Waals surface area contributed by atoms with Crippen molar-refractivity contribution in [1.82, 2.24) is 5.32 Å². The quantitative estimate of drug-likeness (QED) is 0.512. The van der Waals surface area contributed by atoms with Crippen LogP contribution in [0.2, 0.25) is 0 Å². The summed E-state index contributed by atoms with van der Waals surface area (Å²) in [6.45, 7) is 8.10. The van der Waals surface area contributed by atoms with Crippen LogP contribution in [-0.2, 0) is 4.79 Å². The standard InChI is InChI=1S/C11H23NO2.55H2/c1-7(2)6-10(9(4)12-5)8(3)11(13)14;;;;;;;;;;;;;;;;;;;;;;;;;;;;;;;;;;;;;;;;;;;;;;;;;;;;;;;/h7-10,12H,6H2,1-5H3,(H,13,14);55*1H/t8?,9?,10-;;;;;;;;;;;;;;;;;;;;;;;;;;;;;;;;;;;;;;;;;;;;;;;;;;;;;;;/m0......................................................./s1. The summed E-state index contributed by atoms with van der Waals surface area (Å²) < 4.78 is 0. The van der Waals surface area contributed by atoms with Crippen LogP contribution in [0, 0.1) is 17.8 Å². The van der Waals surface area contributed by atoms with Gasteiger partial charge in [-0.25, -0.2) is 0 Å². The highest BCUT2D eigenvalue weighted by Gasteiger charge is 2.28. The van der Waals surface area contributed by atoms with Crippen LogP contribution in [0.15, 0.2) is 0 Å². The Morgan fingerprint density at radius 1 is 1.36 bits per heavy atom. The zero-order valence-corrected chi connectivity index (χ0v) is 9.87. The number of aliphatic carboxylic acids is 1. The van der Waals surface area contributed by atoms with Crippen LogP contribution in [-0.4, -0.2) is 24.2 Å². The van der Waals surface area contributed by atoms with Crippen LogP contribution in [0.25, 0.3) is 0 Å². The Bertz CT molecular complexity index is 230. The van der Waals surface area contributed by atoms with Gasteiger partial charge in [-0.3, -0.25) is 4.79 Å². The molecule has 0 saturated heterocycles. The lowest BCUT2D eigenvalue weighted by Crippen LogP contribution is -2.38. The summed E-state index contributed by atoms with van der Waals surface area (Å²) in [4.78, 5) is 10.9. The van der Waals surface area contributed by atoms with Gasteiger partial charge in [-0.05, 0) is 32.2 Å².